The minimum atomic E-state index is -0.311. The molecule has 0 aliphatic carbocycles. The number of hydrogen-bond acceptors (Lipinski definition) is 3. The zero-order valence-corrected chi connectivity index (χ0v) is 6.90. The molecule has 3 nitrogen and oxygen atoms in total. The van der Waals surface area contributed by atoms with Crippen LogP contribution < -0.4 is 0 Å². The monoisotopic (exact) mass is 175 g/mol. The van der Waals surface area contributed by atoms with Crippen LogP contribution in [0, 0.1) is 5.41 Å². The van der Waals surface area contributed by atoms with Crippen molar-refractivity contribution >= 4 is 5.90 Å². The van der Waals surface area contributed by atoms with E-state index >= 15 is 0 Å². The van der Waals surface area contributed by atoms with Gasteiger partial charge in [0, 0.05) is 6.08 Å². The molecule has 1 aliphatic heterocycles. The van der Waals surface area contributed by atoms with Gasteiger partial charge in [0.05, 0.1) is 0 Å². The fourth-order valence-electron chi connectivity index (χ4n) is 1.25. The lowest BCUT2D eigenvalue weighted by Gasteiger charge is -2.07. The highest BCUT2D eigenvalue weighted by atomic mass is 16.5. The number of nitrogens with one attached hydrogen (secondary N) is 1. The molecule has 66 valence electrons. The lowest BCUT2D eigenvalue weighted by atomic mass is 10.1. The van der Waals surface area contributed by atoms with Crippen LogP contribution in [0.25, 0.3) is 0 Å². The zero-order chi connectivity index (χ0) is 9.26. The molecule has 0 aromatic heterocycles. The Balaban J connectivity index is 2.27. The van der Waals surface area contributed by atoms with Crippen molar-refractivity contribution < 1.29 is 9.84 Å². The summed E-state index contributed by atoms with van der Waals surface area (Å²) < 4.78 is 5.10. The quantitative estimate of drug-likeness (QED) is 0.687. The number of aliphatic hydroxyl groups excluding tert-OH is 1. The molecular weight excluding hydrogens is 166 g/mol. The van der Waals surface area contributed by atoms with Gasteiger partial charge in [-0.05, 0) is 5.56 Å². The Labute approximate surface area is 75.8 Å². The first-order valence-electron chi connectivity index (χ1n) is 3.98. The summed E-state index contributed by atoms with van der Waals surface area (Å²) in [6, 6.07) is 9.49. The number of ether oxygens (including phenoxy) is 1. The minimum absolute atomic E-state index is 0.0890. The summed E-state index contributed by atoms with van der Waals surface area (Å²) in [4.78, 5) is 0. The van der Waals surface area contributed by atoms with Gasteiger partial charge in [0.25, 0.3) is 0 Å². The average Bonchev–Trinajstić information content (AvgIpc) is 2.49. The van der Waals surface area contributed by atoms with Gasteiger partial charge in [0.1, 0.15) is 6.10 Å². The first kappa shape index (κ1) is 7.86. The molecule has 1 aromatic carbocycles. The van der Waals surface area contributed by atoms with Crippen molar-refractivity contribution in [3.63, 3.8) is 0 Å². The molecule has 2 rings (SSSR count). The Morgan fingerprint density at radius 3 is 2.46 bits per heavy atom. The molecule has 1 heterocycles. The molecule has 13 heavy (non-hydrogen) atoms. The van der Waals surface area contributed by atoms with Crippen LogP contribution in [0.3, 0.4) is 0 Å². The fraction of sp³-hybridized carbons (Fsp3) is 0.100. The van der Waals surface area contributed by atoms with Gasteiger partial charge in [-0.15, -0.1) is 0 Å². The highest BCUT2D eigenvalue weighted by molar-refractivity contribution is 5.90. The maximum absolute atomic E-state index is 9.14. The second-order valence-corrected chi connectivity index (χ2v) is 2.83. The molecule has 0 spiro atoms. The van der Waals surface area contributed by atoms with Gasteiger partial charge >= 0.3 is 0 Å². The molecule has 1 unspecified atom stereocenters. The lowest BCUT2D eigenvalue weighted by Crippen LogP contribution is -2.00. The molecule has 2 N–H and O–H groups in total. The molecule has 0 saturated heterocycles. The van der Waals surface area contributed by atoms with E-state index < -0.39 is 0 Å². The predicted molar refractivity (Wildman–Crippen MR) is 48.7 cm³/mol. The van der Waals surface area contributed by atoms with E-state index in [1.165, 1.54) is 6.08 Å². The highest BCUT2D eigenvalue weighted by Crippen LogP contribution is 2.26. The maximum atomic E-state index is 9.14. The summed E-state index contributed by atoms with van der Waals surface area (Å²) in [5.41, 5.74) is 0.941. The molecule has 0 amide bonds. The SMILES string of the molecule is N=C1OC(c2ccccc2)C=C1O. The van der Waals surface area contributed by atoms with Crippen LogP contribution in [0.4, 0.5) is 0 Å². The van der Waals surface area contributed by atoms with Crippen molar-refractivity contribution in [3.05, 3.63) is 47.7 Å². The second-order valence-electron chi connectivity index (χ2n) is 2.83. The van der Waals surface area contributed by atoms with Gasteiger partial charge in [-0.2, -0.15) is 0 Å². The first-order chi connectivity index (χ1) is 6.27. The van der Waals surface area contributed by atoms with Crippen LogP contribution in [0.1, 0.15) is 11.7 Å². The Hall–Kier alpha value is -1.77. The summed E-state index contributed by atoms with van der Waals surface area (Å²) in [6.45, 7) is 0. The predicted octanol–water partition coefficient (Wildman–Crippen LogP) is 2.18. The summed E-state index contributed by atoms with van der Waals surface area (Å²) in [6.07, 6.45) is 1.21. The Morgan fingerprint density at radius 2 is 1.92 bits per heavy atom. The van der Waals surface area contributed by atoms with Crippen molar-refractivity contribution in [1.29, 1.82) is 5.41 Å². The Morgan fingerprint density at radius 1 is 1.23 bits per heavy atom. The third-order valence-electron chi connectivity index (χ3n) is 1.91. The zero-order valence-electron chi connectivity index (χ0n) is 6.90. The van der Waals surface area contributed by atoms with Gasteiger partial charge < -0.3 is 9.84 Å². The van der Waals surface area contributed by atoms with Gasteiger partial charge in [0.2, 0.25) is 5.90 Å². The molecule has 1 aliphatic rings. The van der Waals surface area contributed by atoms with Crippen LogP contribution >= 0.6 is 0 Å². The van der Waals surface area contributed by atoms with Crippen molar-refractivity contribution in [3.8, 4) is 0 Å². The second kappa shape index (κ2) is 2.94. The van der Waals surface area contributed by atoms with E-state index in [0.717, 1.165) is 5.56 Å². The van der Waals surface area contributed by atoms with Crippen LogP contribution in [-0.4, -0.2) is 11.0 Å². The summed E-state index contributed by atoms with van der Waals surface area (Å²) in [7, 11) is 0. The van der Waals surface area contributed by atoms with E-state index in [1.807, 2.05) is 30.3 Å². The van der Waals surface area contributed by atoms with Gasteiger partial charge in [-0.25, -0.2) is 0 Å². The molecule has 0 radical (unpaired) electrons. The lowest BCUT2D eigenvalue weighted by molar-refractivity contribution is 0.251. The smallest absolute Gasteiger partial charge is 0.250 e. The van der Waals surface area contributed by atoms with Crippen molar-refractivity contribution in [1.82, 2.24) is 0 Å². The molecule has 3 heteroatoms. The number of aliphatic hydroxyl groups is 1. The van der Waals surface area contributed by atoms with E-state index in [9.17, 15) is 0 Å². The van der Waals surface area contributed by atoms with E-state index in [-0.39, 0.29) is 17.8 Å². The van der Waals surface area contributed by atoms with E-state index in [2.05, 4.69) is 0 Å². The normalized spacial score (nSPS) is 21.1. The van der Waals surface area contributed by atoms with Crippen LogP contribution in [0.2, 0.25) is 0 Å². The number of hydrogen-bond donors (Lipinski definition) is 2. The third-order valence-corrected chi connectivity index (χ3v) is 1.91. The first-order valence-corrected chi connectivity index (χ1v) is 3.98. The number of benzene rings is 1. The summed E-state index contributed by atoms with van der Waals surface area (Å²) in [5.74, 6) is -0.247. The highest BCUT2D eigenvalue weighted by Gasteiger charge is 2.22. The summed E-state index contributed by atoms with van der Waals surface area (Å²) in [5, 5.41) is 16.3. The van der Waals surface area contributed by atoms with Crippen molar-refractivity contribution in [2.45, 2.75) is 6.10 Å². The molecule has 1 aromatic rings. The van der Waals surface area contributed by atoms with E-state index in [1.54, 1.807) is 0 Å². The Bertz CT molecular complexity index is 356. The largest absolute Gasteiger partial charge is 0.503 e. The Kier molecular flexibility index (Phi) is 1.77. The van der Waals surface area contributed by atoms with Crippen LogP contribution in [-0.2, 0) is 4.74 Å². The van der Waals surface area contributed by atoms with Crippen LogP contribution in [0.15, 0.2) is 42.2 Å². The average molecular weight is 175 g/mol. The van der Waals surface area contributed by atoms with Gasteiger partial charge in [-0.1, -0.05) is 30.3 Å². The summed E-state index contributed by atoms with van der Waals surface area (Å²) >= 11 is 0. The topological polar surface area (TPSA) is 53.3 Å². The van der Waals surface area contributed by atoms with Crippen molar-refractivity contribution in [2.24, 2.45) is 0 Å². The standard InChI is InChI=1S/C10H9NO2/c11-10-8(12)6-9(13-10)7-4-2-1-3-5-7/h1-6,9,11-12H. The minimum Gasteiger partial charge on any atom is -0.503 e. The van der Waals surface area contributed by atoms with E-state index in [0.29, 0.717) is 0 Å². The van der Waals surface area contributed by atoms with Crippen LogP contribution in [0.5, 0.6) is 0 Å². The van der Waals surface area contributed by atoms with Gasteiger partial charge in [0.15, 0.2) is 5.76 Å². The molecular formula is C10H9NO2. The third kappa shape index (κ3) is 1.40. The number of rotatable bonds is 1. The maximum Gasteiger partial charge on any atom is 0.250 e. The molecule has 0 fully saturated rings. The molecule has 0 saturated carbocycles. The van der Waals surface area contributed by atoms with Gasteiger partial charge in [-0.3, -0.25) is 5.41 Å². The van der Waals surface area contributed by atoms with Crippen molar-refractivity contribution in [2.75, 3.05) is 0 Å². The molecule has 1 atom stereocenters. The fourth-order valence-corrected chi connectivity index (χ4v) is 1.25. The van der Waals surface area contributed by atoms with E-state index in [4.69, 9.17) is 15.3 Å². The molecule has 0 bridgehead atoms.